The molecule has 4 aliphatic rings. The molecule has 28 heavy (non-hydrogen) atoms. The maximum absolute atomic E-state index is 5.10. The smallest absolute Gasteiger partial charge is 0.0594 e. The Morgan fingerprint density at radius 2 is 0.750 bits per heavy atom. The number of hydrogen-bond acceptors (Lipinski definition) is 7. The van der Waals surface area contributed by atoms with Crippen LogP contribution in [-0.2, 0) is 4.74 Å². The number of likely N-dealkylation sites (N-methyl/N-ethyl adjacent to an activating group) is 4. The summed E-state index contributed by atoms with van der Waals surface area (Å²) in [6.07, 6.45) is 0. The van der Waals surface area contributed by atoms with Gasteiger partial charge in [0.1, 0.15) is 0 Å². The van der Waals surface area contributed by atoms with Gasteiger partial charge in [0.2, 0.25) is 0 Å². The quantitative estimate of drug-likeness (QED) is 0.548. The van der Waals surface area contributed by atoms with Crippen LogP contribution in [0.25, 0.3) is 0 Å². The zero-order valence-electron chi connectivity index (χ0n) is 20.0. The second-order valence-corrected chi connectivity index (χ2v) is 8.97. The summed E-state index contributed by atoms with van der Waals surface area (Å²) in [5.41, 5.74) is 0. The van der Waals surface area contributed by atoms with E-state index in [0.29, 0.717) is 0 Å². The first kappa shape index (κ1) is 28.1. The third kappa shape index (κ3) is 19.4. The van der Waals surface area contributed by atoms with Crippen LogP contribution in [0.15, 0.2) is 0 Å². The molecular weight excluding hydrogens is 370 g/mol. The van der Waals surface area contributed by atoms with Crippen molar-refractivity contribution in [2.24, 2.45) is 0 Å². The molecule has 0 unspecified atom stereocenters. The highest BCUT2D eigenvalue weighted by atomic mass is 32.2. The van der Waals surface area contributed by atoms with Crippen molar-refractivity contribution in [2.75, 3.05) is 125 Å². The van der Waals surface area contributed by atoms with Gasteiger partial charge in [-0.15, -0.1) is 0 Å². The largest absolute Gasteiger partial charge is 0.379 e. The Hall–Kier alpha value is 0.110. The molecule has 7 heteroatoms. The van der Waals surface area contributed by atoms with Crippen molar-refractivity contribution in [2.45, 2.75) is 13.8 Å². The van der Waals surface area contributed by atoms with Crippen LogP contribution >= 0.6 is 11.8 Å². The van der Waals surface area contributed by atoms with Gasteiger partial charge in [0, 0.05) is 77.0 Å². The third-order valence-corrected chi connectivity index (χ3v) is 5.81. The summed E-state index contributed by atoms with van der Waals surface area (Å²) < 4.78 is 5.10. The van der Waals surface area contributed by atoms with Crippen molar-refractivity contribution < 1.29 is 4.74 Å². The lowest BCUT2D eigenvalue weighted by Gasteiger charge is -2.28. The van der Waals surface area contributed by atoms with Crippen molar-refractivity contribution >= 4 is 11.8 Å². The molecule has 0 atom stereocenters. The van der Waals surface area contributed by atoms with Crippen LogP contribution in [0.1, 0.15) is 13.8 Å². The van der Waals surface area contributed by atoms with Gasteiger partial charge < -0.3 is 29.2 Å². The van der Waals surface area contributed by atoms with Gasteiger partial charge in [0.05, 0.1) is 13.2 Å². The van der Waals surface area contributed by atoms with Crippen LogP contribution in [-0.4, -0.2) is 150 Å². The van der Waals surface area contributed by atoms with E-state index in [1.807, 2.05) is 13.8 Å². The first-order chi connectivity index (χ1) is 13.5. The molecule has 4 aliphatic heterocycles. The van der Waals surface area contributed by atoms with E-state index in [4.69, 9.17) is 4.74 Å². The monoisotopic (exact) mass is 419 g/mol. The Morgan fingerprint density at radius 3 is 0.964 bits per heavy atom. The molecule has 0 bridgehead atoms. The van der Waals surface area contributed by atoms with Gasteiger partial charge in [0.25, 0.3) is 0 Å². The minimum absolute atomic E-state index is 0.913. The Morgan fingerprint density at radius 1 is 0.464 bits per heavy atom. The van der Waals surface area contributed by atoms with Gasteiger partial charge in [-0.25, -0.2) is 0 Å². The fourth-order valence-corrected chi connectivity index (χ4v) is 3.40. The summed E-state index contributed by atoms with van der Waals surface area (Å²) in [4.78, 5) is 11.6. The molecule has 0 aliphatic carbocycles. The predicted octanol–water partition coefficient (Wildman–Crippen LogP) is 1.44. The van der Waals surface area contributed by atoms with Gasteiger partial charge in [-0.3, -0.25) is 0 Å². The number of nitrogens with zero attached hydrogens (tertiary/aromatic N) is 5. The Labute approximate surface area is 180 Å². The first-order valence-electron chi connectivity index (χ1n) is 11.1. The lowest BCUT2D eigenvalue weighted by molar-refractivity contribution is 0.0503. The standard InChI is InChI=1S/C6H14N2.C5H11NO.C5H11NS.C3H7N.C2H6/c1-7-3-5-8(2)6-4-7;2*1-6-2-4-7-5-3-6;1-4-2-3-4;1-2/h3-6H2,1-2H3;2*2-5H2,1H3;2-3H2,1H3;1-2H3. The van der Waals surface area contributed by atoms with Gasteiger partial charge >= 0.3 is 0 Å². The van der Waals surface area contributed by atoms with Crippen LogP contribution < -0.4 is 0 Å². The van der Waals surface area contributed by atoms with E-state index in [1.165, 1.54) is 63.9 Å². The fraction of sp³-hybridized carbons (Fsp3) is 1.00. The van der Waals surface area contributed by atoms with Crippen molar-refractivity contribution in [3.63, 3.8) is 0 Å². The van der Waals surface area contributed by atoms with Gasteiger partial charge in [-0.2, -0.15) is 11.8 Å². The van der Waals surface area contributed by atoms with Crippen LogP contribution in [0.2, 0.25) is 0 Å². The molecule has 0 aromatic heterocycles. The average Bonchev–Trinajstić information content (AvgIpc) is 3.51. The molecule has 0 saturated carbocycles. The second kappa shape index (κ2) is 19.1. The minimum Gasteiger partial charge on any atom is -0.379 e. The number of morpholine rings is 1. The van der Waals surface area contributed by atoms with Crippen LogP contribution in [0.5, 0.6) is 0 Å². The van der Waals surface area contributed by atoms with E-state index in [-0.39, 0.29) is 0 Å². The summed E-state index contributed by atoms with van der Waals surface area (Å²) in [7, 11) is 10.8. The third-order valence-electron chi connectivity index (χ3n) is 4.87. The molecule has 4 rings (SSSR count). The molecule has 6 nitrogen and oxygen atoms in total. The second-order valence-electron chi connectivity index (χ2n) is 7.74. The van der Waals surface area contributed by atoms with Gasteiger partial charge in [-0.05, 0) is 35.2 Å². The molecule has 4 heterocycles. The van der Waals surface area contributed by atoms with Crippen molar-refractivity contribution in [1.82, 2.24) is 24.5 Å². The molecule has 0 aromatic rings. The maximum atomic E-state index is 5.10. The zero-order chi connectivity index (χ0) is 21.2. The number of hydrogen-bond donors (Lipinski definition) is 0. The lowest BCUT2D eigenvalue weighted by Crippen LogP contribution is -2.42. The van der Waals surface area contributed by atoms with E-state index in [2.05, 4.69) is 71.5 Å². The number of rotatable bonds is 0. The van der Waals surface area contributed by atoms with Crippen LogP contribution in [0.4, 0.5) is 0 Å². The predicted molar refractivity (Wildman–Crippen MR) is 127 cm³/mol. The number of piperazine rings is 1. The fourth-order valence-electron chi connectivity index (χ4n) is 2.32. The van der Waals surface area contributed by atoms with Crippen LogP contribution in [0.3, 0.4) is 0 Å². The van der Waals surface area contributed by atoms with Crippen LogP contribution in [0, 0.1) is 0 Å². The highest BCUT2D eigenvalue weighted by Crippen LogP contribution is 2.05. The number of ether oxygens (including phenoxy) is 1. The molecule has 170 valence electrons. The lowest BCUT2D eigenvalue weighted by atomic mass is 10.4. The summed E-state index contributed by atoms with van der Waals surface area (Å²) in [6, 6.07) is 0. The molecule has 0 radical (unpaired) electrons. The van der Waals surface area contributed by atoms with E-state index >= 15 is 0 Å². The topological polar surface area (TPSA) is 25.2 Å². The molecule has 4 fully saturated rings. The molecular formula is C21H49N5OS. The summed E-state index contributed by atoms with van der Waals surface area (Å²) in [5.74, 6) is 2.66. The molecule has 4 saturated heterocycles. The van der Waals surface area contributed by atoms with E-state index in [0.717, 1.165) is 26.3 Å². The van der Waals surface area contributed by atoms with Crippen molar-refractivity contribution in [3.05, 3.63) is 0 Å². The van der Waals surface area contributed by atoms with Crippen molar-refractivity contribution in [1.29, 1.82) is 0 Å². The van der Waals surface area contributed by atoms with E-state index in [1.54, 1.807) is 0 Å². The highest BCUT2D eigenvalue weighted by Gasteiger charge is 2.08. The van der Waals surface area contributed by atoms with Gasteiger partial charge in [0.15, 0.2) is 0 Å². The Bertz CT molecular complexity index is 288. The SMILES string of the molecule is CC.CN1CC1.CN1CCN(C)CC1.CN1CCOCC1.CN1CCSCC1. The molecule has 0 aromatic carbocycles. The summed E-state index contributed by atoms with van der Waals surface area (Å²) in [5, 5.41) is 0. The minimum atomic E-state index is 0.913. The van der Waals surface area contributed by atoms with E-state index < -0.39 is 0 Å². The summed E-state index contributed by atoms with van der Waals surface area (Å²) in [6.45, 7) is 18.2. The maximum Gasteiger partial charge on any atom is 0.0594 e. The van der Waals surface area contributed by atoms with E-state index in [9.17, 15) is 0 Å². The molecule has 0 N–H and O–H groups in total. The summed E-state index contributed by atoms with van der Waals surface area (Å²) >= 11 is 2.06. The Kier molecular flexibility index (Phi) is 19.2. The van der Waals surface area contributed by atoms with Crippen molar-refractivity contribution in [3.8, 4) is 0 Å². The highest BCUT2D eigenvalue weighted by molar-refractivity contribution is 7.99. The molecule has 0 amide bonds. The van der Waals surface area contributed by atoms with Gasteiger partial charge in [-0.1, -0.05) is 13.8 Å². The first-order valence-corrected chi connectivity index (χ1v) is 12.2. The average molecular weight is 420 g/mol. The Balaban J connectivity index is 0.000000343. The number of thioether (sulfide) groups is 1. The molecule has 0 spiro atoms. The zero-order valence-corrected chi connectivity index (χ0v) is 20.8. The normalized spacial score (nSPS) is 24.1.